The third kappa shape index (κ3) is 6.52. The highest BCUT2D eigenvalue weighted by molar-refractivity contribution is 7.89. The van der Waals surface area contributed by atoms with Crippen molar-refractivity contribution in [2.75, 3.05) is 26.3 Å². The summed E-state index contributed by atoms with van der Waals surface area (Å²) in [6, 6.07) is 4.80. The monoisotopic (exact) mass is 481 g/mol. The zero-order valence-electron chi connectivity index (χ0n) is 19.1. The molecular formula is C22H31N3O7S. The molecule has 33 heavy (non-hydrogen) atoms. The summed E-state index contributed by atoms with van der Waals surface area (Å²) in [5.74, 6) is -2.03. The molecule has 1 aromatic rings. The molecular weight excluding hydrogens is 450 g/mol. The van der Waals surface area contributed by atoms with E-state index in [-0.39, 0.29) is 41.4 Å². The van der Waals surface area contributed by atoms with Gasteiger partial charge >= 0.3 is 5.97 Å². The molecule has 1 aliphatic heterocycles. The second kappa shape index (κ2) is 10.6. The van der Waals surface area contributed by atoms with Crippen LogP contribution in [0.3, 0.4) is 0 Å². The quantitative estimate of drug-likeness (QED) is 0.496. The number of morpholine rings is 1. The number of rotatable bonds is 9. The van der Waals surface area contributed by atoms with Crippen LogP contribution in [0.5, 0.6) is 0 Å². The Bertz CT molecular complexity index is 985. The predicted octanol–water partition coefficient (Wildman–Crippen LogP) is 0.672. The van der Waals surface area contributed by atoms with Crippen LogP contribution in [0.4, 0.5) is 0 Å². The van der Waals surface area contributed by atoms with Crippen LogP contribution in [-0.2, 0) is 29.1 Å². The molecule has 0 radical (unpaired) electrons. The standard InChI is InChI=1S/C22H31N3O7S/c1-14(2)19(22(28)32-15(3)20(26)23-17-7-8-17)24-21(27)16-5-4-6-18(13-16)33(29,30)25-9-11-31-12-10-25/h4-6,13-15,17,19H,7-12H2,1-3H3,(H,23,26)(H,24,27)/t15?,19-/m0/s1. The summed E-state index contributed by atoms with van der Waals surface area (Å²) in [4.78, 5) is 37.6. The van der Waals surface area contributed by atoms with Crippen LogP contribution >= 0.6 is 0 Å². The fourth-order valence-electron chi connectivity index (χ4n) is 3.30. The Kier molecular flexibility index (Phi) is 8.09. The first-order valence-electron chi connectivity index (χ1n) is 11.1. The third-order valence-electron chi connectivity index (χ3n) is 5.50. The van der Waals surface area contributed by atoms with Crippen molar-refractivity contribution in [2.45, 2.75) is 56.7 Å². The fraction of sp³-hybridized carbons (Fsp3) is 0.591. The van der Waals surface area contributed by atoms with E-state index in [1.165, 1.54) is 35.5 Å². The smallest absolute Gasteiger partial charge is 0.329 e. The van der Waals surface area contributed by atoms with Crippen molar-refractivity contribution in [3.05, 3.63) is 29.8 Å². The molecule has 1 heterocycles. The Morgan fingerprint density at radius 2 is 1.79 bits per heavy atom. The summed E-state index contributed by atoms with van der Waals surface area (Å²) in [7, 11) is -3.77. The average Bonchev–Trinajstić information content (AvgIpc) is 3.61. The molecule has 182 valence electrons. The van der Waals surface area contributed by atoms with E-state index < -0.39 is 34.0 Å². The lowest BCUT2D eigenvalue weighted by Gasteiger charge is -2.26. The summed E-state index contributed by atoms with van der Waals surface area (Å²) < 4.78 is 37.6. The molecule has 2 aliphatic rings. The number of hydrogen-bond acceptors (Lipinski definition) is 7. The first kappa shape index (κ1) is 25.1. The van der Waals surface area contributed by atoms with Crippen molar-refractivity contribution in [3.8, 4) is 0 Å². The van der Waals surface area contributed by atoms with E-state index in [1.807, 2.05) is 0 Å². The number of sulfonamides is 1. The predicted molar refractivity (Wildman–Crippen MR) is 119 cm³/mol. The lowest BCUT2D eigenvalue weighted by molar-refractivity contribution is -0.157. The van der Waals surface area contributed by atoms with Gasteiger partial charge in [0.15, 0.2) is 6.10 Å². The molecule has 2 N–H and O–H groups in total. The SMILES string of the molecule is CC(OC(=O)[C@@H](NC(=O)c1cccc(S(=O)(=O)N2CCOCC2)c1)C(C)C)C(=O)NC1CC1. The molecule has 3 rings (SSSR count). The van der Waals surface area contributed by atoms with Crippen LogP contribution in [0.15, 0.2) is 29.2 Å². The van der Waals surface area contributed by atoms with E-state index in [2.05, 4.69) is 10.6 Å². The van der Waals surface area contributed by atoms with Gasteiger partial charge in [-0.1, -0.05) is 19.9 Å². The molecule has 11 heteroatoms. The molecule has 1 saturated heterocycles. The highest BCUT2D eigenvalue weighted by Crippen LogP contribution is 2.20. The van der Waals surface area contributed by atoms with Crippen LogP contribution in [0.2, 0.25) is 0 Å². The Hall–Kier alpha value is -2.50. The molecule has 1 saturated carbocycles. The molecule has 1 aliphatic carbocycles. The van der Waals surface area contributed by atoms with Gasteiger partial charge in [0.2, 0.25) is 10.0 Å². The number of carbonyl (C=O) groups excluding carboxylic acids is 3. The van der Waals surface area contributed by atoms with E-state index in [4.69, 9.17) is 9.47 Å². The van der Waals surface area contributed by atoms with Crippen LogP contribution in [-0.4, -0.2) is 75.0 Å². The molecule has 2 amide bonds. The second-order valence-electron chi connectivity index (χ2n) is 8.60. The van der Waals surface area contributed by atoms with Crippen LogP contribution in [0.25, 0.3) is 0 Å². The molecule has 10 nitrogen and oxygen atoms in total. The molecule has 1 aromatic carbocycles. The molecule has 1 unspecified atom stereocenters. The lowest BCUT2D eigenvalue weighted by Crippen LogP contribution is -2.48. The van der Waals surface area contributed by atoms with Crippen molar-refractivity contribution >= 4 is 27.8 Å². The van der Waals surface area contributed by atoms with Crippen molar-refractivity contribution < 1.29 is 32.3 Å². The number of ether oxygens (including phenoxy) is 2. The number of benzene rings is 1. The topological polar surface area (TPSA) is 131 Å². The largest absolute Gasteiger partial charge is 0.451 e. The van der Waals surface area contributed by atoms with Gasteiger partial charge in [-0.25, -0.2) is 13.2 Å². The van der Waals surface area contributed by atoms with Gasteiger partial charge in [0.1, 0.15) is 6.04 Å². The molecule has 0 bridgehead atoms. The van der Waals surface area contributed by atoms with Gasteiger partial charge in [0, 0.05) is 24.7 Å². The average molecular weight is 482 g/mol. The zero-order valence-corrected chi connectivity index (χ0v) is 19.9. The maximum atomic E-state index is 12.9. The molecule has 0 aromatic heterocycles. The van der Waals surface area contributed by atoms with E-state index >= 15 is 0 Å². The highest BCUT2D eigenvalue weighted by Gasteiger charge is 2.32. The number of nitrogens with one attached hydrogen (secondary N) is 2. The summed E-state index contributed by atoms with van der Waals surface area (Å²) in [5.41, 5.74) is 0.0994. The minimum atomic E-state index is -3.77. The second-order valence-corrected chi connectivity index (χ2v) is 10.5. The molecule has 2 atom stereocenters. The van der Waals surface area contributed by atoms with Gasteiger partial charge in [-0.3, -0.25) is 9.59 Å². The van der Waals surface area contributed by atoms with Gasteiger partial charge in [-0.15, -0.1) is 0 Å². The Morgan fingerprint density at radius 1 is 1.12 bits per heavy atom. The fourth-order valence-corrected chi connectivity index (χ4v) is 4.76. The maximum absolute atomic E-state index is 12.9. The van der Waals surface area contributed by atoms with Crippen molar-refractivity contribution in [2.24, 2.45) is 5.92 Å². The Morgan fingerprint density at radius 3 is 2.39 bits per heavy atom. The minimum absolute atomic E-state index is 0.00825. The summed E-state index contributed by atoms with van der Waals surface area (Å²) >= 11 is 0. The van der Waals surface area contributed by atoms with Gasteiger partial charge in [-0.05, 0) is 43.9 Å². The lowest BCUT2D eigenvalue weighted by atomic mass is 10.0. The Labute approximate surface area is 194 Å². The normalized spacial score (nSPS) is 18.9. The number of nitrogens with zero attached hydrogens (tertiary/aromatic N) is 1. The number of amides is 2. The van der Waals surface area contributed by atoms with Crippen molar-refractivity contribution in [1.29, 1.82) is 0 Å². The van der Waals surface area contributed by atoms with E-state index in [0.717, 1.165) is 12.8 Å². The summed E-state index contributed by atoms with van der Waals surface area (Å²) in [6.45, 7) is 6.07. The van der Waals surface area contributed by atoms with Crippen LogP contribution in [0.1, 0.15) is 44.0 Å². The van der Waals surface area contributed by atoms with Gasteiger partial charge in [0.25, 0.3) is 11.8 Å². The van der Waals surface area contributed by atoms with Crippen molar-refractivity contribution in [3.63, 3.8) is 0 Å². The third-order valence-corrected chi connectivity index (χ3v) is 7.39. The first-order chi connectivity index (χ1) is 15.6. The van der Waals surface area contributed by atoms with E-state index in [1.54, 1.807) is 13.8 Å². The molecule has 0 spiro atoms. The van der Waals surface area contributed by atoms with Gasteiger partial charge in [-0.2, -0.15) is 4.31 Å². The minimum Gasteiger partial charge on any atom is -0.451 e. The number of hydrogen-bond donors (Lipinski definition) is 2. The van der Waals surface area contributed by atoms with Crippen LogP contribution in [0, 0.1) is 5.92 Å². The maximum Gasteiger partial charge on any atom is 0.329 e. The zero-order chi connectivity index (χ0) is 24.2. The number of esters is 1. The van der Waals surface area contributed by atoms with Crippen molar-refractivity contribution in [1.82, 2.24) is 14.9 Å². The highest BCUT2D eigenvalue weighted by atomic mass is 32.2. The van der Waals surface area contributed by atoms with Crippen LogP contribution < -0.4 is 10.6 Å². The van der Waals surface area contributed by atoms with E-state index in [0.29, 0.717) is 13.2 Å². The summed E-state index contributed by atoms with van der Waals surface area (Å²) in [5, 5.41) is 5.38. The Balaban J connectivity index is 1.68. The van der Waals surface area contributed by atoms with Gasteiger partial charge in [0.05, 0.1) is 18.1 Å². The number of carbonyl (C=O) groups is 3. The van der Waals surface area contributed by atoms with E-state index in [9.17, 15) is 22.8 Å². The first-order valence-corrected chi connectivity index (χ1v) is 12.5. The molecule has 2 fully saturated rings. The van der Waals surface area contributed by atoms with Gasteiger partial charge < -0.3 is 20.1 Å². The summed E-state index contributed by atoms with van der Waals surface area (Å²) in [6.07, 6.45) is 0.840.